The Labute approximate surface area is 157 Å². The van der Waals surface area contributed by atoms with E-state index in [0.29, 0.717) is 22.1 Å². The summed E-state index contributed by atoms with van der Waals surface area (Å²) in [6, 6.07) is 16.2. The molecule has 0 atom stereocenters. The van der Waals surface area contributed by atoms with Crippen molar-refractivity contribution in [3.8, 4) is 5.75 Å². The van der Waals surface area contributed by atoms with Gasteiger partial charge in [0.2, 0.25) is 0 Å². The molecule has 0 saturated carbocycles. The molecule has 26 heavy (non-hydrogen) atoms. The van der Waals surface area contributed by atoms with E-state index < -0.39 is 0 Å². The molecule has 5 nitrogen and oxygen atoms in total. The van der Waals surface area contributed by atoms with Gasteiger partial charge in [0.25, 0.3) is 5.91 Å². The minimum Gasteiger partial charge on any atom is -0.497 e. The quantitative estimate of drug-likeness (QED) is 0.662. The SMILES string of the molecule is COc1ccc(NC(=O)c2ccc(Nc3ccc(Cl)cc3C)nc2)cc1. The van der Waals surface area contributed by atoms with E-state index in [1.54, 1.807) is 43.5 Å². The van der Waals surface area contributed by atoms with Gasteiger partial charge in [-0.25, -0.2) is 4.98 Å². The average molecular weight is 368 g/mol. The first-order valence-corrected chi connectivity index (χ1v) is 8.37. The van der Waals surface area contributed by atoms with Crippen molar-refractivity contribution in [1.29, 1.82) is 0 Å². The first kappa shape index (κ1) is 17.8. The lowest BCUT2D eigenvalue weighted by atomic mass is 10.2. The van der Waals surface area contributed by atoms with Crippen LogP contribution in [-0.4, -0.2) is 18.0 Å². The fourth-order valence-electron chi connectivity index (χ4n) is 2.39. The molecule has 6 heteroatoms. The molecule has 1 heterocycles. The van der Waals surface area contributed by atoms with Crippen LogP contribution in [0.1, 0.15) is 15.9 Å². The zero-order chi connectivity index (χ0) is 18.5. The Morgan fingerprint density at radius 3 is 2.46 bits per heavy atom. The predicted octanol–water partition coefficient (Wildman–Crippen LogP) is 5.05. The van der Waals surface area contributed by atoms with Crippen LogP contribution in [0.5, 0.6) is 5.75 Å². The fourth-order valence-corrected chi connectivity index (χ4v) is 2.61. The molecular formula is C20H18ClN3O2. The van der Waals surface area contributed by atoms with Crippen LogP contribution in [0.2, 0.25) is 5.02 Å². The van der Waals surface area contributed by atoms with Gasteiger partial charge in [-0.05, 0) is 67.1 Å². The lowest BCUT2D eigenvalue weighted by molar-refractivity contribution is 0.102. The Hall–Kier alpha value is -3.05. The molecule has 0 bridgehead atoms. The molecule has 2 N–H and O–H groups in total. The first-order valence-electron chi connectivity index (χ1n) is 8.00. The smallest absolute Gasteiger partial charge is 0.257 e. The first-order chi connectivity index (χ1) is 12.5. The summed E-state index contributed by atoms with van der Waals surface area (Å²) in [4.78, 5) is 16.6. The number of benzene rings is 2. The third-order valence-corrected chi connectivity index (χ3v) is 4.06. The molecule has 0 fully saturated rings. The molecule has 3 rings (SSSR count). The van der Waals surface area contributed by atoms with Crippen LogP contribution >= 0.6 is 11.6 Å². The number of amides is 1. The number of nitrogens with zero attached hydrogens (tertiary/aromatic N) is 1. The number of hydrogen-bond acceptors (Lipinski definition) is 4. The number of carbonyl (C=O) groups is 1. The number of hydrogen-bond donors (Lipinski definition) is 2. The van der Waals surface area contributed by atoms with Crippen molar-refractivity contribution in [2.24, 2.45) is 0 Å². The van der Waals surface area contributed by atoms with Crippen LogP contribution in [0.3, 0.4) is 0 Å². The van der Waals surface area contributed by atoms with Crippen LogP contribution in [-0.2, 0) is 0 Å². The largest absolute Gasteiger partial charge is 0.497 e. The topological polar surface area (TPSA) is 63.2 Å². The van der Waals surface area contributed by atoms with Crippen molar-refractivity contribution >= 4 is 34.7 Å². The maximum atomic E-state index is 12.3. The van der Waals surface area contributed by atoms with Crippen molar-refractivity contribution < 1.29 is 9.53 Å². The molecular weight excluding hydrogens is 350 g/mol. The lowest BCUT2D eigenvalue weighted by Crippen LogP contribution is -2.12. The highest BCUT2D eigenvalue weighted by atomic mass is 35.5. The van der Waals surface area contributed by atoms with E-state index in [4.69, 9.17) is 16.3 Å². The van der Waals surface area contributed by atoms with E-state index >= 15 is 0 Å². The van der Waals surface area contributed by atoms with Gasteiger partial charge < -0.3 is 15.4 Å². The third-order valence-electron chi connectivity index (χ3n) is 3.82. The molecule has 1 aromatic heterocycles. The second-order valence-corrected chi connectivity index (χ2v) is 6.14. The molecule has 132 valence electrons. The summed E-state index contributed by atoms with van der Waals surface area (Å²) in [5, 5.41) is 6.72. The average Bonchev–Trinajstić information content (AvgIpc) is 2.65. The molecule has 0 saturated heterocycles. The van der Waals surface area contributed by atoms with Crippen molar-refractivity contribution in [2.75, 3.05) is 17.7 Å². The molecule has 0 aliphatic rings. The number of carbonyl (C=O) groups excluding carboxylic acids is 1. The monoisotopic (exact) mass is 367 g/mol. The number of halogens is 1. The van der Waals surface area contributed by atoms with E-state index in [2.05, 4.69) is 15.6 Å². The van der Waals surface area contributed by atoms with E-state index in [9.17, 15) is 4.79 Å². The van der Waals surface area contributed by atoms with Gasteiger partial charge in [-0.1, -0.05) is 11.6 Å². The van der Waals surface area contributed by atoms with E-state index in [1.807, 2.05) is 25.1 Å². The van der Waals surface area contributed by atoms with E-state index in [0.717, 1.165) is 17.0 Å². The number of pyridine rings is 1. The van der Waals surface area contributed by atoms with Gasteiger partial charge >= 0.3 is 0 Å². The molecule has 0 aliphatic carbocycles. The maximum Gasteiger partial charge on any atom is 0.257 e. The molecule has 0 aliphatic heterocycles. The molecule has 1 amide bonds. The van der Waals surface area contributed by atoms with Crippen LogP contribution in [0, 0.1) is 6.92 Å². The summed E-state index contributed by atoms with van der Waals surface area (Å²) >= 11 is 5.96. The van der Waals surface area contributed by atoms with Crippen molar-refractivity contribution in [3.05, 3.63) is 76.9 Å². The van der Waals surface area contributed by atoms with Gasteiger partial charge in [-0.2, -0.15) is 0 Å². The minimum atomic E-state index is -0.225. The Morgan fingerprint density at radius 1 is 1.08 bits per heavy atom. The number of aromatic nitrogens is 1. The van der Waals surface area contributed by atoms with Gasteiger partial charge in [-0.3, -0.25) is 4.79 Å². The molecule has 0 unspecified atom stereocenters. The molecule has 2 aromatic carbocycles. The number of anilines is 3. The highest BCUT2D eigenvalue weighted by Gasteiger charge is 2.08. The summed E-state index contributed by atoms with van der Waals surface area (Å²) in [5.74, 6) is 1.16. The fraction of sp³-hybridized carbons (Fsp3) is 0.100. The Kier molecular flexibility index (Phi) is 5.39. The summed E-state index contributed by atoms with van der Waals surface area (Å²) in [6.07, 6.45) is 1.53. The standard InChI is InChI=1S/C20H18ClN3O2/c1-13-11-15(21)4-9-18(13)24-19-10-3-14(12-22-19)20(25)23-16-5-7-17(26-2)8-6-16/h3-12H,1-2H3,(H,22,24)(H,23,25). The number of aryl methyl sites for hydroxylation is 1. The maximum absolute atomic E-state index is 12.3. The van der Waals surface area contributed by atoms with Crippen molar-refractivity contribution in [2.45, 2.75) is 6.92 Å². The summed E-state index contributed by atoms with van der Waals surface area (Å²) in [7, 11) is 1.60. The Bertz CT molecular complexity index is 909. The number of nitrogens with one attached hydrogen (secondary N) is 2. The lowest BCUT2D eigenvalue weighted by Gasteiger charge is -2.10. The summed E-state index contributed by atoms with van der Waals surface area (Å²) in [5.41, 5.74) is 3.09. The third kappa shape index (κ3) is 4.32. The molecule has 0 spiro atoms. The van der Waals surface area contributed by atoms with E-state index in [1.165, 1.54) is 6.20 Å². The second kappa shape index (κ2) is 7.89. The van der Waals surface area contributed by atoms with Crippen LogP contribution in [0.4, 0.5) is 17.2 Å². The van der Waals surface area contributed by atoms with Gasteiger partial charge in [0.15, 0.2) is 0 Å². The molecule has 0 radical (unpaired) electrons. The normalized spacial score (nSPS) is 10.3. The number of ether oxygens (including phenoxy) is 1. The van der Waals surface area contributed by atoms with Crippen LogP contribution < -0.4 is 15.4 Å². The number of rotatable bonds is 5. The van der Waals surface area contributed by atoms with Crippen molar-refractivity contribution in [3.63, 3.8) is 0 Å². The second-order valence-electron chi connectivity index (χ2n) is 5.70. The zero-order valence-corrected chi connectivity index (χ0v) is 15.2. The van der Waals surface area contributed by atoms with Crippen LogP contribution in [0.15, 0.2) is 60.8 Å². The predicted molar refractivity (Wildman–Crippen MR) is 105 cm³/mol. The zero-order valence-electron chi connectivity index (χ0n) is 14.4. The van der Waals surface area contributed by atoms with Gasteiger partial charge in [0, 0.05) is 22.6 Å². The number of methoxy groups -OCH3 is 1. The van der Waals surface area contributed by atoms with Gasteiger partial charge in [-0.15, -0.1) is 0 Å². The highest BCUT2D eigenvalue weighted by molar-refractivity contribution is 6.30. The summed E-state index contributed by atoms with van der Waals surface area (Å²) in [6.45, 7) is 1.96. The van der Waals surface area contributed by atoms with Gasteiger partial charge in [0.1, 0.15) is 11.6 Å². The van der Waals surface area contributed by atoms with Crippen LogP contribution in [0.25, 0.3) is 0 Å². The Morgan fingerprint density at radius 2 is 1.85 bits per heavy atom. The minimum absolute atomic E-state index is 0.225. The van der Waals surface area contributed by atoms with E-state index in [-0.39, 0.29) is 5.91 Å². The molecule has 3 aromatic rings. The summed E-state index contributed by atoms with van der Waals surface area (Å²) < 4.78 is 5.10. The Balaban J connectivity index is 1.67. The highest BCUT2D eigenvalue weighted by Crippen LogP contribution is 2.23. The van der Waals surface area contributed by atoms with Crippen molar-refractivity contribution in [1.82, 2.24) is 4.98 Å². The van der Waals surface area contributed by atoms with Gasteiger partial charge in [0.05, 0.1) is 12.7 Å².